The number of hydrogen-bond donors (Lipinski definition) is 1. The molecule has 0 aliphatic carbocycles. The third-order valence-corrected chi connectivity index (χ3v) is 5.96. The fourth-order valence-electron chi connectivity index (χ4n) is 3.24. The molecule has 1 fully saturated rings. The number of hydrogen-bond acceptors (Lipinski definition) is 6. The van der Waals surface area contributed by atoms with Gasteiger partial charge in [0.2, 0.25) is 0 Å². The van der Waals surface area contributed by atoms with Gasteiger partial charge >= 0.3 is 6.03 Å². The number of carbonyl (C=O) groups is 3. The van der Waals surface area contributed by atoms with Crippen LogP contribution in [-0.4, -0.2) is 22.8 Å². The van der Waals surface area contributed by atoms with Gasteiger partial charge in [0.25, 0.3) is 17.5 Å². The summed E-state index contributed by atoms with van der Waals surface area (Å²) in [5.74, 6) is -1.48. The van der Waals surface area contributed by atoms with E-state index < -0.39 is 22.8 Å². The molecule has 0 unspecified atom stereocenters. The molecule has 0 atom stereocenters. The number of barbiturate groups is 1. The Kier molecular flexibility index (Phi) is 5.88. The predicted octanol–water partition coefficient (Wildman–Crippen LogP) is 5.25. The van der Waals surface area contributed by atoms with Gasteiger partial charge in [-0.2, -0.15) is 0 Å². The molecule has 1 N–H and O–H groups in total. The molecule has 3 aromatic rings. The number of amides is 4. The molecule has 0 radical (unpaired) electrons. The molecule has 11 heteroatoms. The van der Waals surface area contributed by atoms with Gasteiger partial charge in [-0.15, -0.1) is 0 Å². The summed E-state index contributed by atoms with van der Waals surface area (Å²) in [6.07, 6.45) is 1.17. The Labute approximate surface area is 199 Å². The lowest BCUT2D eigenvalue weighted by Crippen LogP contribution is -2.54. The molecule has 9 nitrogen and oxygen atoms in total. The molecule has 33 heavy (non-hydrogen) atoms. The van der Waals surface area contributed by atoms with Crippen molar-refractivity contribution in [1.29, 1.82) is 0 Å². The number of benzene rings is 2. The van der Waals surface area contributed by atoms with Crippen molar-refractivity contribution in [3.8, 4) is 11.3 Å². The maximum Gasteiger partial charge on any atom is 0.335 e. The minimum atomic E-state index is -0.884. The minimum Gasteiger partial charge on any atom is -0.456 e. The number of halogens is 2. The number of imide groups is 2. The zero-order valence-electron chi connectivity index (χ0n) is 16.8. The SMILES string of the molecule is Cc1cc(N2C(=O)NC(=O)/C(=C\c3ccc(-c4ccc(Cl)cc4[N+](=O)[O-])o3)C2=O)ccc1Br. The lowest BCUT2D eigenvalue weighted by Gasteiger charge is -2.26. The first kappa shape index (κ1) is 22.4. The zero-order chi connectivity index (χ0) is 23.9. The van der Waals surface area contributed by atoms with E-state index in [0.717, 1.165) is 14.9 Å². The number of aryl methyl sites for hydroxylation is 1. The van der Waals surface area contributed by atoms with Gasteiger partial charge in [-0.1, -0.05) is 27.5 Å². The van der Waals surface area contributed by atoms with Gasteiger partial charge in [-0.3, -0.25) is 25.0 Å². The van der Waals surface area contributed by atoms with Crippen molar-refractivity contribution < 1.29 is 23.7 Å². The number of anilines is 1. The first-order valence-electron chi connectivity index (χ1n) is 9.37. The Bertz CT molecular complexity index is 1380. The van der Waals surface area contributed by atoms with Crippen LogP contribution in [0.15, 0.2) is 63.0 Å². The van der Waals surface area contributed by atoms with Crippen LogP contribution in [0.2, 0.25) is 5.02 Å². The van der Waals surface area contributed by atoms with Crippen molar-refractivity contribution in [2.75, 3.05) is 4.90 Å². The van der Waals surface area contributed by atoms with Crippen molar-refractivity contribution >= 4 is 62.8 Å². The Morgan fingerprint density at radius 1 is 1.12 bits per heavy atom. The summed E-state index contributed by atoms with van der Waals surface area (Å²) in [4.78, 5) is 49.4. The van der Waals surface area contributed by atoms with Crippen molar-refractivity contribution in [1.82, 2.24) is 5.32 Å². The van der Waals surface area contributed by atoms with Crippen LogP contribution in [0.5, 0.6) is 0 Å². The van der Waals surface area contributed by atoms with E-state index in [4.69, 9.17) is 16.0 Å². The molecule has 2 aromatic carbocycles. The number of nitro groups is 1. The van der Waals surface area contributed by atoms with Gasteiger partial charge in [0, 0.05) is 15.6 Å². The van der Waals surface area contributed by atoms with Crippen LogP contribution < -0.4 is 10.2 Å². The highest BCUT2D eigenvalue weighted by Crippen LogP contribution is 2.34. The standard InChI is InChI=1S/C22H13BrClN3O6/c1-11-8-13(3-6-17(11)23)26-21(29)16(20(28)25-22(26)30)10-14-4-7-19(33-14)15-5-2-12(24)9-18(15)27(31)32/h2-10H,1H3,(H,25,28,30)/b16-10+. The van der Waals surface area contributed by atoms with Crippen LogP contribution in [0, 0.1) is 17.0 Å². The molecule has 0 spiro atoms. The number of furan rings is 1. The predicted molar refractivity (Wildman–Crippen MR) is 124 cm³/mol. The highest BCUT2D eigenvalue weighted by molar-refractivity contribution is 9.10. The number of nitrogens with zero attached hydrogens (tertiary/aromatic N) is 2. The normalized spacial score (nSPS) is 15.2. The highest BCUT2D eigenvalue weighted by atomic mass is 79.9. The van der Waals surface area contributed by atoms with E-state index in [1.807, 2.05) is 0 Å². The fourth-order valence-corrected chi connectivity index (χ4v) is 3.65. The highest BCUT2D eigenvalue weighted by Gasteiger charge is 2.37. The topological polar surface area (TPSA) is 123 Å². The van der Waals surface area contributed by atoms with Crippen LogP contribution >= 0.6 is 27.5 Å². The van der Waals surface area contributed by atoms with Gasteiger partial charge in [0.05, 0.1) is 16.2 Å². The van der Waals surface area contributed by atoms with Crippen LogP contribution in [0.1, 0.15) is 11.3 Å². The van der Waals surface area contributed by atoms with E-state index in [-0.39, 0.29) is 39.1 Å². The molecule has 1 aliphatic rings. The monoisotopic (exact) mass is 529 g/mol. The number of nitrogens with one attached hydrogen (secondary N) is 1. The number of nitro benzene ring substituents is 1. The number of urea groups is 1. The van der Waals surface area contributed by atoms with Crippen molar-refractivity contribution in [3.63, 3.8) is 0 Å². The van der Waals surface area contributed by atoms with Crippen molar-refractivity contribution in [2.24, 2.45) is 0 Å². The lowest BCUT2D eigenvalue weighted by molar-refractivity contribution is -0.384. The maximum atomic E-state index is 13.0. The molecule has 4 rings (SSSR count). The lowest BCUT2D eigenvalue weighted by atomic mass is 10.1. The summed E-state index contributed by atoms with van der Waals surface area (Å²) < 4.78 is 6.43. The maximum absolute atomic E-state index is 13.0. The van der Waals surface area contributed by atoms with Crippen LogP contribution in [-0.2, 0) is 9.59 Å². The zero-order valence-corrected chi connectivity index (χ0v) is 19.1. The number of carbonyl (C=O) groups excluding carboxylic acids is 3. The van der Waals surface area contributed by atoms with Gasteiger partial charge < -0.3 is 4.42 Å². The smallest absolute Gasteiger partial charge is 0.335 e. The number of rotatable bonds is 4. The molecule has 0 saturated carbocycles. The molecule has 1 aliphatic heterocycles. The van der Waals surface area contributed by atoms with Crippen LogP contribution in [0.3, 0.4) is 0 Å². The second kappa shape index (κ2) is 8.64. The Morgan fingerprint density at radius 3 is 2.58 bits per heavy atom. The minimum absolute atomic E-state index is 0.0917. The molecular formula is C22H13BrClN3O6. The first-order chi connectivity index (χ1) is 15.7. The van der Waals surface area contributed by atoms with Crippen molar-refractivity contribution in [3.05, 3.63) is 85.0 Å². The Morgan fingerprint density at radius 2 is 1.88 bits per heavy atom. The fraction of sp³-hybridized carbons (Fsp3) is 0.0455. The molecule has 166 valence electrons. The molecule has 4 amide bonds. The van der Waals surface area contributed by atoms with Gasteiger partial charge in [-0.05, 0) is 61.0 Å². The largest absolute Gasteiger partial charge is 0.456 e. The van der Waals surface area contributed by atoms with E-state index in [0.29, 0.717) is 0 Å². The van der Waals surface area contributed by atoms with E-state index in [2.05, 4.69) is 21.2 Å². The third-order valence-electron chi connectivity index (χ3n) is 4.84. The molecule has 1 aromatic heterocycles. The first-order valence-corrected chi connectivity index (χ1v) is 10.5. The summed E-state index contributed by atoms with van der Waals surface area (Å²) >= 11 is 9.20. The van der Waals surface area contributed by atoms with E-state index >= 15 is 0 Å². The quantitative estimate of drug-likeness (QED) is 0.213. The summed E-state index contributed by atoms with van der Waals surface area (Å²) in [5.41, 5.74) is 0.659. The summed E-state index contributed by atoms with van der Waals surface area (Å²) in [6, 6.07) is 11.0. The average Bonchev–Trinajstić information content (AvgIpc) is 3.22. The van der Waals surface area contributed by atoms with Crippen molar-refractivity contribution in [2.45, 2.75) is 6.92 Å². The van der Waals surface area contributed by atoms with Crippen LogP contribution in [0.4, 0.5) is 16.2 Å². The Balaban J connectivity index is 1.71. The van der Waals surface area contributed by atoms with Gasteiger partial charge in [0.1, 0.15) is 17.1 Å². The second-order valence-electron chi connectivity index (χ2n) is 7.01. The van der Waals surface area contributed by atoms with Gasteiger partial charge in [-0.25, -0.2) is 9.69 Å². The molecular weight excluding hydrogens is 518 g/mol. The molecule has 0 bridgehead atoms. The van der Waals surface area contributed by atoms with E-state index in [1.165, 1.54) is 36.4 Å². The Hall–Kier alpha value is -3.76. The average molecular weight is 531 g/mol. The van der Waals surface area contributed by atoms with Gasteiger partial charge in [0.15, 0.2) is 0 Å². The van der Waals surface area contributed by atoms with E-state index in [1.54, 1.807) is 25.1 Å². The molecule has 2 heterocycles. The molecule has 1 saturated heterocycles. The second-order valence-corrected chi connectivity index (χ2v) is 8.30. The van der Waals surface area contributed by atoms with Crippen LogP contribution in [0.25, 0.3) is 17.4 Å². The van der Waals surface area contributed by atoms with E-state index in [9.17, 15) is 24.5 Å². The summed E-state index contributed by atoms with van der Waals surface area (Å²) in [5, 5.41) is 13.7. The summed E-state index contributed by atoms with van der Waals surface area (Å²) in [7, 11) is 0. The summed E-state index contributed by atoms with van der Waals surface area (Å²) in [6.45, 7) is 1.79. The third kappa shape index (κ3) is 4.30.